The Kier molecular flexibility index (Phi) is 7.23. The fraction of sp³-hybridized carbons (Fsp3) is 0.409. The van der Waals surface area contributed by atoms with Gasteiger partial charge in [0.2, 0.25) is 5.75 Å². The van der Waals surface area contributed by atoms with Crippen LogP contribution in [-0.4, -0.2) is 51.8 Å². The van der Waals surface area contributed by atoms with E-state index >= 15 is 0 Å². The third-order valence-electron chi connectivity index (χ3n) is 5.25. The number of hydrogen-bond acceptors (Lipinski definition) is 5. The van der Waals surface area contributed by atoms with Crippen LogP contribution in [-0.2, 0) is 0 Å². The molecule has 1 aliphatic rings. The lowest BCUT2D eigenvalue weighted by Gasteiger charge is -2.29. The zero-order valence-electron chi connectivity index (χ0n) is 17.0. The number of nitrogens with one attached hydrogen (secondary N) is 1. The molecular formula is C22H27ClN2O4. The number of likely N-dealkylation sites (tertiary alicyclic amines) is 1. The number of methoxy groups -OCH3 is 3. The fourth-order valence-corrected chi connectivity index (χ4v) is 4.06. The van der Waals surface area contributed by atoms with Crippen LogP contribution in [0.2, 0.25) is 5.02 Å². The second-order valence-electron chi connectivity index (χ2n) is 6.87. The number of hydrogen-bond donors (Lipinski definition) is 1. The topological polar surface area (TPSA) is 60.0 Å². The second kappa shape index (κ2) is 9.85. The van der Waals surface area contributed by atoms with E-state index in [0.717, 1.165) is 31.5 Å². The zero-order chi connectivity index (χ0) is 20.8. The first-order valence-electron chi connectivity index (χ1n) is 9.66. The highest BCUT2D eigenvalue weighted by Gasteiger charge is 2.27. The van der Waals surface area contributed by atoms with Gasteiger partial charge in [0.15, 0.2) is 11.5 Å². The Morgan fingerprint density at radius 3 is 2.34 bits per heavy atom. The second-order valence-corrected chi connectivity index (χ2v) is 7.28. The highest BCUT2D eigenvalue weighted by atomic mass is 35.5. The van der Waals surface area contributed by atoms with E-state index in [0.29, 0.717) is 34.4 Å². The average Bonchev–Trinajstić information content (AvgIpc) is 3.28. The van der Waals surface area contributed by atoms with Gasteiger partial charge >= 0.3 is 0 Å². The van der Waals surface area contributed by atoms with Crippen molar-refractivity contribution in [1.82, 2.24) is 10.2 Å². The van der Waals surface area contributed by atoms with Crippen molar-refractivity contribution in [2.24, 2.45) is 0 Å². The maximum Gasteiger partial charge on any atom is 0.255 e. The van der Waals surface area contributed by atoms with Crippen molar-refractivity contribution in [3.05, 3.63) is 52.5 Å². The number of carbonyl (C=O) groups excluding carboxylic acids is 1. The molecule has 1 amide bonds. The van der Waals surface area contributed by atoms with Crippen molar-refractivity contribution in [3.63, 3.8) is 0 Å². The van der Waals surface area contributed by atoms with Crippen molar-refractivity contribution in [2.45, 2.75) is 18.9 Å². The lowest BCUT2D eigenvalue weighted by atomic mass is 10.0. The maximum absolute atomic E-state index is 13.0. The van der Waals surface area contributed by atoms with Crippen molar-refractivity contribution < 1.29 is 19.0 Å². The Labute approximate surface area is 176 Å². The minimum atomic E-state index is -0.237. The predicted molar refractivity (Wildman–Crippen MR) is 113 cm³/mol. The molecule has 0 unspecified atom stereocenters. The molecule has 6 nitrogen and oxygen atoms in total. The molecule has 156 valence electrons. The van der Waals surface area contributed by atoms with Gasteiger partial charge in [-0.25, -0.2) is 0 Å². The molecule has 7 heteroatoms. The summed E-state index contributed by atoms with van der Waals surface area (Å²) < 4.78 is 16.1. The smallest absolute Gasteiger partial charge is 0.255 e. The van der Waals surface area contributed by atoms with Crippen LogP contribution in [0.4, 0.5) is 0 Å². The van der Waals surface area contributed by atoms with Crippen LogP contribution < -0.4 is 19.5 Å². The molecular weight excluding hydrogens is 392 g/mol. The van der Waals surface area contributed by atoms with Crippen LogP contribution in [0.5, 0.6) is 17.2 Å². The number of rotatable bonds is 8. The summed E-state index contributed by atoms with van der Waals surface area (Å²) in [5, 5.41) is 3.76. The predicted octanol–water partition coefficient (Wildman–Crippen LogP) is 3.93. The number of ether oxygens (including phenoxy) is 3. The van der Waals surface area contributed by atoms with Crippen LogP contribution in [0.3, 0.4) is 0 Å². The van der Waals surface area contributed by atoms with Gasteiger partial charge in [0.1, 0.15) is 0 Å². The summed E-state index contributed by atoms with van der Waals surface area (Å²) in [4.78, 5) is 15.4. The molecule has 0 radical (unpaired) electrons. The van der Waals surface area contributed by atoms with Gasteiger partial charge in [-0.2, -0.15) is 0 Å². The summed E-state index contributed by atoms with van der Waals surface area (Å²) in [6, 6.07) is 11.2. The van der Waals surface area contributed by atoms with Gasteiger partial charge in [-0.05, 0) is 49.7 Å². The summed E-state index contributed by atoms with van der Waals surface area (Å²) in [6.45, 7) is 2.43. The van der Waals surface area contributed by atoms with E-state index in [4.69, 9.17) is 25.8 Å². The van der Waals surface area contributed by atoms with Crippen molar-refractivity contribution in [3.8, 4) is 17.2 Å². The number of carbonyl (C=O) groups is 1. The molecule has 0 saturated carbocycles. The first-order chi connectivity index (χ1) is 14.1. The van der Waals surface area contributed by atoms with Crippen LogP contribution in [0.25, 0.3) is 0 Å². The minimum absolute atomic E-state index is 0.0151. The molecule has 1 fully saturated rings. The summed E-state index contributed by atoms with van der Waals surface area (Å²) in [5.41, 5.74) is 1.42. The maximum atomic E-state index is 13.0. The van der Waals surface area contributed by atoms with Gasteiger partial charge in [0.25, 0.3) is 5.91 Å². The molecule has 1 heterocycles. The summed E-state index contributed by atoms with van der Waals surface area (Å²) in [6.07, 6.45) is 2.30. The molecule has 3 rings (SSSR count). The molecule has 1 saturated heterocycles. The van der Waals surface area contributed by atoms with E-state index in [2.05, 4.69) is 10.2 Å². The van der Waals surface area contributed by atoms with Gasteiger partial charge in [-0.1, -0.05) is 29.8 Å². The first-order valence-corrected chi connectivity index (χ1v) is 10.0. The van der Waals surface area contributed by atoms with Gasteiger partial charge in [-0.15, -0.1) is 0 Å². The summed E-state index contributed by atoms with van der Waals surface area (Å²) in [5.74, 6) is 1.01. The Morgan fingerprint density at radius 1 is 1.03 bits per heavy atom. The number of nitrogens with zero attached hydrogens (tertiary/aromatic N) is 1. The highest BCUT2D eigenvalue weighted by Crippen LogP contribution is 2.39. The Bertz CT molecular complexity index is 853. The summed E-state index contributed by atoms with van der Waals surface area (Å²) >= 11 is 6.46. The molecule has 0 aliphatic carbocycles. The standard InChI is InChI=1S/C22H27ClN2O4/c1-27-19-11-10-16(20(28-2)21(19)29-3)22(26)24-14-18(25-12-6-7-13-25)15-8-4-5-9-17(15)23/h4-5,8-11,18H,6-7,12-14H2,1-3H3,(H,24,26)/t18-/m1/s1. The largest absolute Gasteiger partial charge is 0.493 e. The quantitative estimate of drug-likeness (QED) is 0.703. The summed E-state index contributed by atoms with van der Waals surface area (Å²) in [7, 11) is 4.56. The van der Waals surface area contributed by atoms with E-state index in [-0.39, 0.29) is 11.9 Å². The molecule has 0 aromatic heterocycles. The van der Waals surface area contributed by atoms with E-state index in [9.17, 15) is 4.79 Å². The van der Waals surface area contributed by atoms with Crippen molar-refractivity contribution in [1.29, 1.82) is 0 Å². The lowest BCUT2D eigenvalue weighted by molar-refractivity contribution is 0.0934. The van der Waals surface area contributed by atoms with Gasteiger partial charge in [-0.3, -0.25) is 9.69 Å². The van der Waals surface area contributed by atoms with Crippen LogP contribution >= 0.6 is 11.6 Å². The van der Waals surface area contributed by atoms with Crippen molar-refractivity contribution in [2.75, 3.05) is 41.0 Å². The van der Waals surface area contributed by atoms with E-state index < -0.39 is 0 Å². The van der Waals surface area contributed by atoms with Gasteiger partial charge in [0.05, 0.1) is 32.9 Å². The lowest BCUT2D eigenvalue weighted by Crippen LogP contribution is -2.37. The number of halogens is 1. The molecule has 1 aliphatic heterocycles. The number of benzene rings is 2. The molecule has 1 N–H and O–H groups in total. The Hall–Kier alpha value is -2.44. The zero-order valence-corrected chi connectivity index (χ0v) is 17.8. The normalized spacial score (nSPS) is 15.0. The molecule has 0 bridgehead atoms. The van der Waals surface area contributed by atoms with Crippen LogP contribution in [0.15, 0.2) is 36.4 Å². The number of amides is 1. The molecule has 0 spiro atoms. The molecule has 29 heavy (non-hydrogen) atoms. The Balaban J connectivity index is 1.83. The van der Waals surface area contributed by atoms with E-state index in [1.54, 1.807) is 19.2 Å². The molecule has 2 aromatic carbocycles. The monoisotopic (exact) mass is 418 g/mol. The van der Waals surface area contributed by atoms with Crippen molar-refractivity contribution >= 4 is 17.5 Å². The van der Waals surface area contributed by atoms with Crippen LogP contribution in [0, 0.1) is 0 Å². The SMILES string of the molecule is COc1ccc(C(=O)NC[C@H](c2ccccc2Cl)N2CCCC2)c(OC)c1OC. The Morgan fingerprint density at radius 2 is 1.72 bits per heavy atom. The highest BCUT2D eigenvalue weighted by molar-refractivity contribution is 6.31. The minimum Gasteiger partial charge on any atom is -0.493 e. The molecule has 1 atom stereocenters. The average molecular weight is 419 g/mol. The molecule has 2 aromatic rings. The van der Waals surface area contributed by atoms with E-state index in [1.165, 1.54) is 14.2 Å². The third-order valence-corrected chi connectivity index (χ3v) is 5.59. The fourth-order valence-electron chi connectivity index (χ4n) is 3.80. The first kappa shape index (κ1) is 21.3. The third kappa shape index (κ3) is 4.60. The van der Waals surface area contributed by atoms with Gasteiger partial charge in [0, 0.05) is 11.6 Å². The van der Waals surface area contributed by atoms with Crippen LogP contribution in [0.1, 0.15) is 34.8 Å². The van der Waals surface area contributed by atoms with E-state index in [1.807, 2.05) is 24.3 Å². The van der Waals surface area contributed by atoms with Gasteiger partial charge < -0.3 is 19.5 Å².